The van der Waals surface area contributed by atoms with Crippen molar-refractivity contribution in [2.45, 2.75) is 0 Å². The van der Waals surface area contributed by atoms with Crippen LogP contribution in [0.1, 0.15) is 0 Å². The minimum absolute atomic E-state index is 0.587. The van der Waals surface area contributed by atoms with E-state index >= 15 is 0 Å². The van der Waals surface area contributed by atoms with Gasteiger partial charge >= 0.3 is 0 Å². The van der Waals surface area contributed by atoms with Crippen LogP contribution in [0, 0.1) is 0 Å². The predicted octanol–water partition coefficient (Wildman–Crippen LogP) is 3.40. The smallest absolute Gasteiger partial charge is 0.153 e. The van der Waals surface area contributed by atoms with Gasteiger partial charge in [-0.25, -0.2) is 0 Å². The van der Waals surface area contributed by atoms with Crippen LogP contribution in [0.25, 0.3) is 10.9 Å². The largest absolute Gasteiger partial charge is 0.455 e. The number of rotatable bonds is 5. The van der Waals surface area contributed by atoms with Gasteiger partial charge in [-0.3, -0.25) is 4.98 Å². The summed E-state index contributed by atoms with van der Waals surface area (Å²) >= 11 is 0. The third kappa shape index (κ3) is 2.95. The van der Waals surface area contributed by atoms with E-state index in [0.717, 1.165) is 34.6 Å². The quantitative estimate of drug-likeness (QED) is 0.751. The van der Waals surface area contributed by atoms with Gasteiger partial charge in [-0.05, 0) is 24.3 Å². The Labute approximate surface area is 123 Å². The summed E-state index contributed by atoms with van der Waals surface area (Å²) in [5.74, 6) is 1.54. The zero-order valence-electron chi connectivity index (χ0n) is 11.6. The van der Waals surface area contributed by atoms with Gasteiger partial charge in [-0.1, -0.05) is 30.3 Å². The van der Waals surface area contributed by atoms with E-state index in [1.165, 1.54) is 0 Å². The highest BCUT2D eigenvalue weighted by atomic mass is 16.5. The van der Waals surface area contributed by atoms with E-state index in [4.69, 9.17) is 10.5 Å². The number of anilines is 1. The lowest BCUT2D eigenvalue weighted by Gasteiger charge is -2.11. The van der Waals surface area contributed by atoms with Crippen LogP contribution in [0.4, 0.5) is 5.69 Å². The summed E-state index contributed by atoms with van der Waals surface area (Å²) in [6, 6.07) is 17.6. The van der Waals surface area contributed by atoms with Crippen LogP contribution >= 0.6 is 0 Å². The monoisotopic (exact) mass is 279 g/mol. The Balaban J connectivity index is 2.00. The first-order valence-electron chi connectivity index (χ1n) is 6.93. The fraction of sp³-hybridized carbons (Fsp3) is 0.118. The van der Waals surface area contributed by atoms with Gasteiger partial charge in [0.2, 0.25) is 0 Å². The van der Waals surface area contributed by atoms with E-state index in [2.05, 4.69) is 10.3 Å². The zero-order valence-corrected chi connectivity index (χ0v) is 11.6. The Morgan fingerprint density at radius 3 is 2.67 bits per heavy atom. The summed E-state index contributed by atoms with van der Waals surface area (Å²) in [7, 11) is 0. The van der Waals surface area contributed by atoms with Gasteiger partial charge in [-0.15, -0.1) is 0 Å². The van der Waals surface area contributed by atoms with Gasteiger partial charge in [0.25, 0.3) is 0 Å². The maximum Gasteiger partial charge on any atom is 0.153 e. The van der Waals surface area contributed by atoms with Crippen LogP contribution in [0.3, 0.4) is 0 Å². The van der Waals surface area contributed by atoms with Gasteiger partial charge in [-0.2, -0.15) is 0 Å². The second-order valence-corrected chi connectivity index (χ2v) is 4.64. The number of nitrogens with one attached hydrogen (secondary N) is 1. The number of hydrogen-bond donors (Lipinski definition) is 2. The van der Waals surface area contributed by atoms with Crippen molar-refractivity contribution >= 4 is 16.6 Å². The summed E-state index contributed by atoms with van der Waals surface area (Å²) in [5, 5.41) is 4.34. The molecule has 2 aromatic carbocycles. The van der Waals surface area contributed by atoms with Gasteiger partial charge in [0, 0.05) is 30.4 Å². The Hall–Kier alpha value is -2.59. The number of nitrogens with two attached hydrogens (primary N) is 1. The van der Waals surface area contributed by atoms with Crippen LogP contribution in [-0.2, 0) is 0 Å². The first kappa shape index (κ1) is 13.4. The SMILES string of the molecule is NCCNc1ccnc2c(Oc3ccccc3)cccc12. The van der Waals surface area contributed by atoms with E-state index in [1.54, 1.807) is 6.20 Å². The molecule has 0 saturated heterocycles. The molecule has 0 atom stereocenters. The molecule has 106 valence electrons. The van der Waals surface area contributed by atoms with Gasteiger partial charge in [0.1, 0.15) is 11.3 Å². The average molecular weight is 279 g/mol. The molecule has 0 amide bonds. The van der Waals surface area contributed by atoms with Crippen molar-refractivity contribution in [1.82, 2.24) is 4.98 Å². The van der Waals surface area contributed by atoms with Crippen molar-refractivity contribution in [2.24, 2.45) is 5.73 Å². The third-order valence-electron chi connectivity index (χ3n) is 3.16. The Morgan fingerprint density at radius 1 is 1.00 bits per heavy atom. The molecule has 0 fully saturated rings. The fourth-order valence-electron chi connectivity index (χ4n) is 2.21. The summed E-state index contributed by atoms with van der Waals surface area (Å²) in [6.07, 6.45) is 1.78. The number of benzene rings is 2. The molecule has 1 heterocycles. The average Bonchev–Trinajstić information content (AvgIpc) is 2.54. The van der Waals surface area contributed by atoms with E-state index in [0.29, 0.717) is 6.54 Å². The maximum atomic E-state index is 5.94. The zero-order chi connectivity index (χ0) is 14.5. The normalized spacial score (nSPS) is 10.5. The number of ether oxygens (including phenoxy) is 1. The number of para-hydroxylation sites is 2. The van der Waals surface area contributed by atoms with E-state index in [-0.39, 0.29) is 0 Å². The molecule has 4 nitrogen and oxygen atoms in total. The van der Waals surface area contributed by atoms with Gasteiger partial charge in [0.15, 0.2) is 5.75 Å². The molecule has 3 rings (SSSR count). The van der Waals surface area contributed by atoms with Crippen LogP contribution < -0.4 is 15.8 Å². The number of hydrogen-bond acceptors (Lipinski definition) is 4. The predicted molar refractivity (Wildman–Crippen MR) is 85.8 cm³/mol. The molecular formula is C17H17N3O. The first-order chi connectivity index (χ1) is 10.4. The number of fused-ring (bicyclic) bond motifs is 1. The second kappa shape index (κ2) is 6.24. The summed E-state index contributed by atoms with van der Waals surface area (Å²) in [4.78, 5) is 4.45. The lowest BCUT2D eigenvalue weighted by molar-refractivity contribution is 0.487. The number of pyridine rings is 1. The van der Waals surface area contributed by atoms with E-state index in [9.17, 15) is 0 Å². The van der Waals surface area contributed by atoms with Crippen LogP contribution in [-0.4, -0.2) is 18.1 Å². The number of aromatic nitrogens is 1. The molecule has 3 aromatic rings. The highest BCUT2D eigenvalue weighted by Gasteiger charge is 2.07. The van der Waals surface area contributed by atoms with Crippen molar-refractivity contribution in [1.29, 1.82) is 0 Å². The molecule has 0 saturated carbocycles. The first-order valence-corrected chi connectivity index (χ1v) is 6.93. The third-order valence-corrected chi connectivity index (χ3v) is 3.16. The fourth-order valence-corrected chi connectivity index (χ4v) is 2.21. The molecule has 0 radical (unpaired) electrons. The minimum Gasteiger partial charge on any atom is -0.455 e. The highest BCUT2D eigenvalue weighted by Crippen LogP contribution is 2.31. The lowest BCUT2D eigenvalue weighted by Crippen LogP contribution is -2.13. The molecule has 1 aromatic heterocycles. The Kier molecular flexibility index (Phi) is 3.98. The Bertz CT molecular complexity index is 728. The molecule has 3 N–H and O–H groups in total. The van der Waals surface area contributed by atoms with Crippen LogP contribution in [0.15, 0.2) is 60.8 Å². The van der Waals surface area contributed by atoms with Crippen molar-refractivity contribution in [2.75, 3.05) is 18.4 Å². The summed E-state index contributed by atoms with van der Waals surface area (Å²) in [6.45, 7) is 1.31. The molecule has 0 unspecified atom stereocenters. The molecule has 0 spiro atoms. The van der Waals surface area contributed by atoms with E-state index < -0.39 is 0 Å². The van der Waals surface area contributed by atoms with E-state index in [1.807, 2.05) is 54.6 Å². The summed E-state index contributed by atoms with van der Waals surface area (Å²) < 4.78 is 5.94. The summed E-state index contributed by atoms with van der Waals surface area (Å²) in [5.41, 5.74) is 7.40. The molecule has 0 bridgehead atoms. The van der Waals surface area contributed by atoms with Gasteiger partial charge < -0.3 is 15.8 Å². The molecule has 0 aliphatic carbocycles. The standard InChI is InChI=1S/C17H17N3O/c18-10-12-19-15-9-11-20-17-14(15)7-4-8-16(17)21-13-5-2-1-3-6-13/h1-9,11H,10,12,18H2,(H,19,20). The topological polar surface area (TPSA) is 60.2 Å². The highest BCUT2D eigenvalue weighted by molar-refractivity contribution is 5.94. The molecule has 4 heteroatoms. The molecule has 0 aliphatic rings. The van der Waals surface area contributed by atoms with Crippen LogP contribution in [0.5, 0.6) is 11.5 Å². The number of nitrogens with zero attached hydrogens (tertiary/aromatic N) is 1. The van der Waals surface area contributed by atoms with Crippen molar-refractivity contribution in [3.8, 4) is 11.5 Å². The molecular weight excluding hydrogens is 262 g/mol. The van der Waals surface area contributed by atoms with Gasteiger partial charge in [0.05, 0.1) is 0 Å². The van der Waals surface area contributed by atoms with Crippen molar-refractivity contribution < 1.29 is 4.74 Å². The minimum atomic E-state index is 0.587. The van der Waals surface area contributed by atoms with Crippen LogP contribution in [0.2, 0.25) is 0 Å². The Morgan fingerprint density at radius 2 is 1.86 bits per heavy atom. The molecule has 0 aliphatic heterocycles. The molecule has 21 heavy (non-hydrogen) atoms. The maximum absolute atomic E-state index is 5.94. The second-order valence-electron chi connectivity index (χ2n) is 4.64. The van der Waals surface area contributed by atoms with Crippen molar-refractivity contribution in [3.63, 3.8) is 0 Å². The lowest BCUT2D eigenvalue weighted by atomic mass is 10.1. The van der Waals surface area contributed by atoms with Crippen molar-refractivity contribution in [3.05, 3.63) is 60.8 Å².